The van der Waals surface area contributed by atoms with Gasteiger partial charge in [0, 0.05) is 6.54 Å². The summed E-state index contributed by atoms with van der Waals surface area (Å²) in [5.74, 6) is -1.18. The van der Waals surface area contributed by atoms with E-state index in [-0.39, 0.29) is 11.8 Å². The van der Waals surface area contributed by atoms with E-state index < -0.39 is 24.0 Å². The van der Waals surface area contributed by atoms with Crippen molar-refractivity contribution in [3.05, 3.63) is 41.5 Å². The van der Waals surface area contributed by atoms with Crippen molar-refractivity contribution in [1.29, 1.82) is 0 Å². The predicted octanol–water partition coefficient (Wildman–Crippen LogP) is 3.78. The Bertz CT molecular complexity index is 818. The molecule has 1 aliphatic rings. The molecule has 0 spiro atoms. The van der Waals surface area contributed by atoms with Gasteiger partial charge in [-0.3, -0.25) is 9.59 Å². The fraction of sp³-hybridized carbons (Fsp3) is 0.560. The molecule has 0 radical (unpaired) electrons. The molecule has 2 N–H and O–H groups in total. The number of amides is 2. The Morgan fingerprint density at radius 3 is 2.50 bits per heavy atom. The number of allylic oxidation sites excluding steroid dienone is 1. The van der Waals surface area contributed by atoms with Crippen LogP contribution in [0, 0.1) is 5.92 Å². The second kappa shape index (κ2) is 12.9. The molecule has 0 aromatic heterocycles. The van der Waals surface area contributed by atoms with Crippen molar-refractivity contribution in [2.75, 3.05) is 13.2 Å². The van der Waals surface area contributed by atoms with Gasteiger partial charge in [0.2, 0.25) is 0 Å². The Morgan fingerprint density at radius 2 is 1.84 bits per heavy atom. The van der Waals surface area contributed by atoms with Gasteiger partial charge < -0.3 is 20.1 Å². The van der Waals surface area contributed by atoms with Gasteiger partial charge in [-0.2, -0.15) is 0 Å². The zero-order valence-corrected chi connectivity index (χ0v) is 19.6. The molecule has 32 heavy (non-hydrogen) atoms. The van der Waals surface area contributed by atoms with Crippen molar-refractivity contribution in [1.82, 2.24) is 10.6 Å². The van der Waals surface area contributed by atoms with Crippen LogP contribution >= 0.6 is 0 Å². The minimum absolute atomic E-state index is 0.223. The number of esters is 1. The summed E-state index contributed by atoms with van der Waals surface area (Å²) in [5, 5.41) is 5.56. The van der Waals surface area contributed by atoms with E-state index in [1.165, 1.54) is 25.3 Å². The van der Waals surface area contributed by atoms with Gasteiger partial charge in [0.05, 0.1) is 12.2 Å². The van der Waals surface area contributed by atoms with Crippen LogP contribution < -0.4 is 15.4 Å². The minimum atomic E-state index is -0.948. The fourth-order valence-corrected chi connectivity index (χ4v) is 3.58. The van der Waals surface area contributed by atoms with Crippen LogP contribution in [0.15, 0.2) is 35.9 Å². The molecule has 7 nitrogen and oxygen atoms in total. The van der Waals surface area contributed by atoms with Crippen LogP contribution in [-0.2, 0) is 14.3 Å². The molecule has 2 atom stereocenters. The number of rotatable bonds is 11. The Kier molecular flexibility index (Phi) is 10.2. The molecule has 0 aliphatic heterocycles. The van der Waals surface area contributed by atoms with Gasteiger partial charge in [-0.05, 0) is 64.0 Å². The van der Waals surface area contributed by atoms with E-state index in [0.29, 0.717) is 24.5 Å². The van der Waals surface area contributed by atoms with E-state index in [2.05, 4.69) is 16.7 Å². The first kappa shape index (κ1) is 25.4. The lowest BCUT2D eigenvalue weighted by Crippen LogP contribution is -2.47. The van der Waals surface area contributed by atoms with Crippen LogP contribution in [0.3, 0.4) is 0 Å². The van der Waals surface area contributed by atoms with Gasteiger partial charge in [-0.1, -0.05) is 37.6 Å². The lowest BCUT2D eigenvalue weighted by atomic mass is 9.97. The lowest BCUT2D eigenvalue weighted by molar-refractivity contribution is -0.157. The number of carbonyl (C=O) groups is 3. The number of carbonyl (C=O) groups excluding carboxylic acids is 3. The van der Waals surface area contributed by atoms with Crippen molar-refractivity contribution in [2.45, 2.75) is 71.9 Å². The summed E-state index contributed by atoms with van der Waals surface area (Å²) in [6.45, 7) is 7.93. The van der Waals surface area contributed by atoms with Crippen molar-refractivity contribution in [2.24, 2.45) is 5.92 Å². The summed E-state index contributed by atoms with van der Waals surface area (Å²) in [7, 11) is 0. The summed E-state index contributed by atoms with van der Waals surface area (Å²) in [5.41, 5.74) is 1.71. The Hall–Kier alpha value is -2.83. The first-order chi connectivity index (χ1) is 15.3. The summed E-state index contributed by atoms with van der Waals surface area (Å²) in [4.78, 5) is 37.9. The van der Waals surface area contributed by atoms with Gasteiger partial charge in [-0.15, -0.1) is 0 Å². The van der Waals surface area contributed by atoms with Crippen molar-refractivity contribution in [3.8, 4) is 5.75 Å². The molecular weight excluding hydrogens is 408 g/mol. The lowest BCUT2D eigenvalue weighted by Gasteiger charge is -2.23. The predicted molar refractivity (Wildman–Crippen MR) is 123 cm³/mol. The maximum atomic E-state index is 12.8. The second-order valence-electron chi connectivity index (χ2n) is 8.35. The first-order valence-corrected chi connectivity index (χ1v) is 11.5. The van der Waals surface area contributed by atoms with Gasteiger partial charge in [0.15, 0.2) is 6.10 Å². The Morgan fingerprint density at radius 1 is 1.09 bits per heavy atom. The zero-order valence-electron chi connectivity index (χ0n) is 19.6. The molecule has 0 bridgehead atoms. The largest absolute Gasteiger partial charge is 0.493 e. The van der Waals surface area contributed by atoms with Crippen LogP contribution in [0.5, 0.6) is 5.75 Å². The standard InChI is InChI=1S/C25H36N2O5/c1-5-31-21-14-10-9-13-20(21)24(29)27-22(17(2)3)25(30)32-18(4)23(28)26-16-15-19-11-7-6-8-12-19/h9-11,13-14,17-18,22H,5-8,12,15-16H2,1-4H3,(H,26,28)(H,27,29)/t18?,22-/m0/s1. The molecule has 2 amide bonds. The molecule has 176 valence electrons. The molecule has 1 aromatic rings. The zero-order chi connectivity index (χ0) is 23.5. The molecule has 0 heterocycles. The third kappa shape index (κ3) is 7.70. The number of hydrogen-bond acceptors (Lipinski definition) is 5. The topological polar surface area (TPSA) is 93.7 Å². The summed E-state index contributed by atoms with van der Waals surface area (Å²) < 4.78 is 10.9. The SMILES string of the molecule is CCOc1ccccc1C(=O)N[C@H](C(=O)OC(C)C(=O)NCCC1=CCCCC1)C(C)C. The van der Waals surface area contributed by atoms with Crippen LogP contribution in [0.25, 0.3) is 0 Å². The number of ether oxygens (including phenoxy) is 2. The van der Waals surface area contributed by atoms with E-state index >= 15 is 0 Å². The Balaban J connectivity index is 1.90. The Labute approximate surface area is 190 Å². The third-order valence-electron chi connectivity index (χ3n) is 5.43. The van der Waals surface area contributed by atoms with E-state index in [1.54, 1.807) is 24.3 Å². The molecule has 1 aromatic carbocycles. The molecule has 7 heteroatoms. The van der Waals surface area contributed by atoms with E-state index in [9.17, 15) is 14.4 Å². The quantitative estimate of drug-likeness (QED) is 0.400. The minimum Gasteiger partial charge on any atom is -0.493 e. The van der Waals surface area contributed by atoms with Crippen molar-refractivity contribution >= 4 is 17.8 Å². The number of para-hydroxylation sites is 1. The first-order valence-electron chi connectivity index (χ1n) is 11.5. The normalized spacial score (nSPS) is 15.3. The summed E-state index contributed by atoms with van der Waals surface area (Å²) >= 11 is 0. The highest BCUT2D eigenvalue weighted by Gasteiger charge is 2.30. The average molecular weight is 445 g/mol. The number of nitrogens with one attached hydrogen (secondary N) is 2. The van der Waals surface area contributed by atoms with Crippen molar-refractivity contribution in [3.63, 3.8) is 0 Å². The highest BCUT2D eigenvalue weighted by molar-refractivity contribution is 5.99. The molecule has 1 unspecified atom stereocenters. The summed E-state index contributed by atoms with van der Waals surface area (Å²) in [6.07, 6.45) is 6.74. The van der Waals surface area contributed by atoms with E-state index in [0.717, 1.165) is 19.3 Å². The number of benzene rings is 1. The molecule has 2 rings (SSSR count). The van der Waals surface area contributed by atoms with E-state index in [4.69, 9.17) is 9.47 Å². The fourth-order valence-electron chi connectivity index (χ4n) is 3.58. The second-order valence-corrected chi connectivity index (χ2v) is 8.35. The van der Waals surface area contributed by atoms with E-state index in [1.807, 2.05) is 20.8 Å². The van der Waals surface area contributed by atoms with Gasteiger partial charge in [0.25, 0.3) is 11.8 Å². The third-order valence-corrected chi connectivity index (χ3v) is 5.43. The maximum absolute atomic E-state index is 12.8. The highest BCUT2D eigenvalue weighted by atomic mass is 16.5. The maximum Gasteiger partial charge on any atom is 0.329 e. The van der Waals surface area contributed by atoms with Gasteiger partial charge in [-0.25, -0.2) is 4.79 Å². The molecule has 0 saturated carbocycles. The van der Waals surface area contributed by atoms with Crippen molar-refractivity contribution < 1.29 is 23.9 Å². The molecule has 0 fully saturated rings. The molecule has 1 aliphatic carbocycles. The smallest absolute Gasteiger partial charge is 0.329 e. The average Bonchev–Trinajstić information content (AvgIpc) is 2.78. The molecule has 0 saturated heterocycles. The van der Waals surface area contributed by atoms with Gasteiger partial charge in [0.1, 0.15) is 11.8 Å². The van der Waals surface area contributed by atoms with Crippen LogP contribution in [0.1, 0.15) is 70.2 Å². The molecular formula is C25H36N2O5. The van der Waals surface area contributed by atoms with Crippen LogP contribution in [-0.4, -0.2) is 43.1 Å². The number of hydrogen-bond donors (Lipinski definition) is 2. The van der Waals surface area contributed by atoms with Gasteiger partial charge >= 0.3 is 5.97 Å². The monoisotopic (exact) mass is 444 g/mol. The van der Waals surface area contributed by atoms with Crippen LogP contribution in [0.2, 0.25) is 0 Å². The van der Waals surface area contributed by atoms with Crippen LogP contribution in [0.4, 0.5) is 0 Å². The summed E-state index contributed by atoms with van der Waals surface area (Å²) in [6, 6.07) is 5.97. The highest BCUT2D eigenvalue weighted by Crippen LogP contribution is 2.20.